The summed E-state index contributed by atoms with van der Waals surface area (Å²) in [5, 5.41) is 3.12. The standard InChI is InChI=1S/C13H16FNO/c1-10-5-4-7-12(14)13(10)15-9-11-6-2-3-8-16-11/h3-5,7-8,11,15H,2,6,9H2,1H3. The molecule has 2 rings (SSSR count). The van der Waals surface area contributed by atoms with Crippen LogP contribution >= 0.6 is 0 Å². The maximum atomic E-state index is 13.5. The van der Waals surface area contributed by atoms with E-state index in [0.29, 0.717) is 12.2 Å². The van der Waals surface area contributed by atoms with Crippen molar-refractivity contribution in [1.82, 2.24) is 0 Å². The van der Waals surface area contributed by atoms with Crippen molar-refractivity contribution >= 4 is 5.69 Å². The highest BCUT2D eigenvalue weighted by molar-refractivity contribution is 5.51. The van der Waals surface area contributed by atoms with E-state index in [1.54, 1.807) is 12.3 Å². The number of hydrogen-bond acceptors (Lipinski definition) is 2. The van der Waals surface area contributed by atoms with E-state index in [2.05, 4.69) is 5.32 Å². The van der Waals surface area contributed by atoms with Crippen molar-refractivity contribution in [1.29, 1.82) is 0 Å². The number of benzene rings is 1. The Morgan fingerprint density at radius 1 is 1.50 bits per heavy atom. The molecule has 1 aliphatic heterocycles. The van der Waals surface area contributed by atoms with Gasteiger partial charge in [-0.05, 0) is 37.5 Å². The lowest BCUT2D eigenvalue weighted by Crippen LogP contribution is -2.23. The number of allylic oxidation sites excluding steroid dienone is 1. The zero-order valence-electron chi connectivity index (χ0n) is 9.37. The van der Waals surface area contributed by atoms with Crippen molar-refractivity contribution < 1.29 is 9.13 Å². The Bertz CT molecular complexity index is 369. The number of aryl methyl sites for hydroxylation is 1. The van der Waals surface area contributed by atoms with Crippen LogP contribution in [-0.4, -0.2) is 12.6 Å². The van der Waals surface area contributed by atoms with Gasteiger partial charge >= 0.3 is 0 Å². The highest BCUT2D eigenvalue weighted by Crippen LogP contribution is 2.19. The molecule has 16 heavy (non-hydrogen) atoms. The summed E-state index contributed by atoms with van der Waals surface area (Å²) >= 11 is 0. The number of anilines is 1. The van der Waals surface area contributed by atoms with Crippen LogP contribution in [0.4, 0.5) is 10.1 Å². The van der Waals surface area contributed by atoms with E-state index in [-0.39, 0.29) is 11.9 Å². The molecule has 0 aromatic heterocycles. The number of nitrogens with one attached hydrogen (secondary N) is 1. The summed E-state index contributed by atoms with van der Waals surface area (Å²) in [5.41, 5.74) is 1.51. The third-order valence-corrected chi connectivity index (χ3v) is 2.75. The Morgan fingerprint density at radius 3 is 3.06 bits per heavy atom. The Kier molecular flexibility index (Phi) is 3.44. The Labute approximate surface area is 95.1 Å². The van der Waals surface area contributed by atoms with Gasteiger partial charge in [0.2, 0.25) is 0 Å². The van der Waals surface area contributed by atoms with E-state index in [9.17, 15) is 4.39 Å². The smallest absolute Gasteiger partial charge is 0.146 e. The first-order valence-electron chi connectivity index (χ1n) is 5.57. The van der Waals surface area contributed by atoms with Gasteiger partial charge in [-0.3, -0.25) is 0 Å². The maximum absolute atomic E-state index is 13.5. The molecule has 1 N–H and O–H groups in total. The zero-order chi connectivity index (χ0) is 11.4. The molecule has 0 saturated heterocycles. The maximum Gasteiger partial charge on any atom is 0.146 e. The summed E-state index contributed by atoms with van der Waals surface area (Å²) in [5.74, 6) is -0.202. The van der Waals surface area contributed by atoms with Crippen LogP contribution in [-0.2, 0) is 4.74 Å². The van der Waals surface area contributed by atoms with Gasteiger partial charge in [0, 0.05) is 0 Å². The zero-order valence-corrected chi connectivity index (χ0v) is 9.37. The summed E-state index contributed by atoms with van der Waals surface area (Å²) in [6.07, 6.45) is 5.89. The Morgan fingerprint density at radius 2 is 2.38 bits per heavy atom. The summed E-state index contributed by atoms with van der Waals surface area (Å²) < 4.78 is 18.9. The van der Waals surface area contributed by atoms with Crippen molar-refractivity contribution in [2.75, 3.05) is 11.9 Å². The highest BCUT2D eigenvalue weighted by atomic mass is 19.1. The summed E-state index contributed by atoms with van der Waals surface area (Å²) in [7, 11) is 0. The SMILES string of the molecule is Cc1cccc(F)c1NCC1CCC=CO1. The summed E-state index contributed by atoms with van der Waals surface area (Å²) in [6.45, 7) is 2.54. The van der Waals surface area contributed by atoms with Gasteiger partial charge in [0.15, 0.2) is 0 Å². The average molecular weight is 221 g/mol. The fraction of sp³-hybridized carbons (Fsp3) is 0.385. The van der Waals surface area contributed by atoms with Gasteiger partial charge in [-0.15, -0.1) is 0 Å². The van der Waals surface area contributed by atoms with Gasteiger partial charge in [0.05, 0.1) is 18.5 Å². The van der Waals surface area contributed by atoms with E-state index in [0.717, 1.165) is 18.4 Å². The van der Waals surface area contributed by atoms with Crippen molar-refractivity contribution in [3.63, 3.8) is 0 Å². The molecular weight excluding hydrogens is 205 g/mol. The molecule has 0 aliphatic carbocycles. The third kappa shape index (κ3) is 2.54. The number of rotatable bonds is 3. The van der Waals surface area contributed by atoms with Crippen LogP contribution in [0.3, 0.4) is 0 Å². The van der Waals surface area contributed by atoms with Crippen molar-refractivity contribution in [3.05, 3.63) is 41.9 Å². The number of ether oxygens (including phenoxy) is 1. The molecule has 1 unspecified atom stereocenters. The summed E-state index contributed by atoms with van der Waals surface area (Å²) in [4.78, 5) is 0. The van der Waals surface area contributed by atoms with Gasteiger partial charge in [-0.2, -0.15) is 0 Å². The van der Waals surface area contributed by atoms with Crippen LogP contribution in [0.1, 0.15) is 18.4 Å². The van der Waals surface area contributed by atoms with E-state index in [1.165, 1.54) is 6.07 Å². The van der Waals surface area contributed by atoms with Crippen LogP contribution in [0, 0.1) is 12.7 Å². The van der Waals surface area contributed by atoms with Crippen LogP contribution in [0.2, 0.25) is 0 Å². The fourth-order valence-corrected chi connectivity index (χ4v) is 1.81. The topological polar surface area (TPSA) is 21.3 Å². The lowest BCUT2D eigenvalue weighted by atomic mass is 10.1. The second-order valence-electron chi connectivity index (χ2n) is 4.02. The minimum atomic E-state index is -0.202. The second kappa shape index (κ2) is 5.01. The van der Waals surface area contributed by atoms with Crippen molar-refractivity contribution in [3.8, 4) is 0 Å². The molecular formula is C13H16FNO. The highest BCUT2D eigenvalue weighted by Gasteiger charge is 2.12. The minimum Gasteiger partial charge on any atom is -0.497 e. The Hall–Kier alpha value is -1.51. The van der Waals surface area contributed by atoms with Crippen LogP contribution in [0.15, 0.2) is 30.5 Å². The first kappa shape index (κ1) is 11.0. The first-order chi connectivity index (χ1) is 7.77. The molecule has 0 fully saturated rings. The molecule has 86 valence electrons. The number of halogens is 1. The molecule has 1 atom stereocenters. The van der Waals surface area contributed by atoms with Crippen LogP contribution in [0.25, 0.3) is 0 Å². The second-order valence-corrected chi connectivity index (χ2v) is 4.02. The van der Waals surface area contributed by atoms with Gasteiger partial charge in [-0.1, -0.05) is 12.1 Å². The molecule has 1 heterocycles. The van der Waals surface area contributed by atoms with Crippen molar-refractivity contribution in [2.24, 2.45) is 0 Å². The number of hydrogen-bond donors (Lipinski definition) is 1. The van der Waals surface area contributed by atoms with E-state index < -0.39 is 0 Å². The Balaban J connectivity index is 1.96. The first-order valence-corrected chi connectivity index (χ1v) is 5.57. The van der Waals surface area contributed by atoms with E-state index in [4.69, 9.17) is 4.74 Å². The van der Waals surface area contributed by atoms with Crippen LogP contribution < -0.4 is 5.32 Å². The lowest BCUT2D eigenvalue weighted by Gasteiger charge is -2.21. The van der Waals surface area contributed by atoms with E-state index in [1.807, 2.05) is 19.1 Å². The molecule has 1 aromatic rings. The van der Waals surface area contributed by atoms with E-state index >= 15 is 0 Å². The molecule has 0 saturated carbocycles. The predicted molar refractivity (Wildman–Crippen MR) is 62.9 cm³/mol. The largest absolute Gasteiger partial charge is 0.497 e. The summed E-state index contributed by atoms with van der Waals surface area (Å²) in [6, 6.07) is 5.08. The van der Waals surface area contributed by atoms with Gasteiger partial charge in [-0.25, -0.2) is 4.39 Å². The molecule has 1 aromatic carbocycles. The average Bonchev–Trinajstić information content (AvgIpc) is 2.30. The molecule has 1 aliphatic rings. The molecule has 2 nitrogen and oxygen atoms in total. The molecule has 0 radical (unpaired) electrons. The third-order valence-electron chi connectivity index (χ3n) is 2.75. The molecule has 0 bridgehead atoms. The normalized spacial score (nSPS) is 19.2. The predicted octanol–water partition coefficient (Wildman–Crippen LogP) is 3.24. The van der Waals surface area contributed by atoms with Gasteiger partial charge < -0.3 is 10.1 Å². The molecule has 0 amide bonds. The van der Waals surface area contributed by atoms with Gasteiger partial charge in [0.25, 0.3) is 0 Å². The monoisotopic (exact) mass is 221 g/mol. The minimum absolute atomic E-state index is 0.143. The molecule has 3 heteroatoms. The number of para-hydroxylation sites is 1. The quantitative estimate of drug-likeness (QED) is 0.846. The molecule has 0 spiro atoms. The van der Waals surface area contributed by atoms with Crippen molar-refractivity contribution in [2.45, 2.75) is 25.9 Å². The van der Waals surface area contributed by atoms with Crippen LogP contribution in [0.5, 0.6) is 0 Å². The lowest BCUT2D eigenvalue weighted by molar-refractivity contribution is 0.135. The fourth-order valence-electron chi connectivity index (χ4n) is 1.81. The van der Waals surface area contributed by atoms with Gasteiger partial charge in [0.1, 0.15) is 11.9 Å².